The molecule has 9 aliphatic rings. The van der Waals surface area contributed by atoms with E-state index in [0.29, 0.717) is 61.2 Å². The molecule has 0 unspecified atom stereocenters. The van der Waals surface area contributed by atoms with E-state index < -0.39 is 11.2 Å². The Morgan fingerprint density at radius 1 is 0.454 bits per heavy atom. The number of anilines is 4. The van der Waals surface area contributed by atoms with Gasteiger partial charge in [-0.1, -0.05) is 88.7 Å². The summed E-state index contributed by atoms with van der Waals surface area (Å²) < 4.78 is 30.4. The van der Waals surface area contributed by atoms with Gasteiger partial charge < -0.3 is 76.0 Å². The molecule has 11 heterocycles. The van der Waals surface area contributed by atoms with Crippen LogP contribution in [0.3, 0.4) is 0 Å². The Morgan fingerprint density at radius 3 is 1.28 bits per heavy atom. The van der Waals surface area contributed by atoms with Gasteiger partial charge in [0, 0.05) is 137 Å². The van der Waals surface area contributed by atoms with E-state index in [0.717, 1.165) is 198 Å². The van der Waals surface area contributed by atoms with Gasteiger partial charge in [-0.25, -0.2) is 4.98 Å². The predicted molar refractivity (Wildman–Crippen MR) is 502 cm³/mol. The fourth-order valence-corrected chi connectivity index (χ4v) is 20.8. The number of aliphatic hydroxyl groups is 2. The van der Waals surface area contributed by atoms with Crippen molar-refractivity contribution in [3.05, 3.63) is 173 Å². The minimum Gasteiger partial charge on any atom is -0.481 e. The van der Waals surface area contributed by atoms with E-state index in [2.05, 4.69) is 156 Å². The Bertz CT molecular complexity index is 5700. The van der Waals surface area contributed by atoms with Crippen molar-refractivity contribution in [3.63, 3.8) is 0 Å². The summed E-state index contributed by atoms with van der Waals surface area (Å²) in [4.78, 5) is 68.1. The second-order valence-corrected chi connectivity index (χ2v) is 37.8. The van der Waals surface area contributed by atoms with E-state index in [9.17, 15) is 29.4 Å². The predicted octanol–water partition coefficient (Wildman–Crippen LogP) is 12.2. The van der Waals surface area contributed by atoms with Crippen LogP contribution in [-0.4, -0.2) is 234 Å². The zero-order valence-corrected chi connectivity index (χ0v) is 76.3. The fourth-order valence-electron chi connectivity index (χ4n) is 20.8. The van der Waals surface area contributed by atoms with Crippen LogP contribution in [0.25, 0.3) is 43.7 Å². The van der Waals surface area contributed by atoms with Crippen LogP contribution in [0, 0.1) is 33.6 Å². The van der Waals surface area contributed by atoms with E-state index in [1.165, 1.54) is 75.3 Å². The van der Waals surface area contributed by atoms with Gasteiger partial charge >= 0.3 is 0 Å². The Hall–Kier alpha value is -11.5. The summed E-state index contributed by atoms with van der Waals surface area (Å²) in [7, 11) is 5.41. The zero-order valence-electron chi connectivity index (χ0n) is 76.3. The molecule has 8 fully saturated rings. The average molecular weight is 1770 g/mol. The number of rotatable bonds is 26. The molecule has 0 radical (unpaired) electrons. The lowest BCUT2D eigenvalue weighted by molar-refractivity contribution is -0.122. The molecular formula is C99H128N20O11. The number of nitrogens with zero attached hydrogens (tertiary/aromatic N) is 12. The molecule has 4 amide bonds. The lowest BCUT2D eigenvalue weighted by Gasteiger charge is -2.48. The van der Waals surface area contributed by atoms with Crippen molar-refractivity contribution in [2.24, 2.45) is 20.0 Å². The maximum absolute atomic E-state index is 12.5. The van der Waals surface area contributed by atoms with E-state index in [1.54, 1.807) is 31.8 Å². The molecule has 6 aromatic heterocycles. The highest BCUT2D eigenvalue weighted by atomic mass is 16.7. The molecule has 5 aliphatic heterocycles. The number of carbonyl (C=O) groups is 4. The molecule has 130 heavy (non-hydrogen) atoms. The number of hydrogen-bond acceptors (Lipinski definition) is 25. The standard InChI is InChI=1S/C26H34N6O3.C26H30N4O4.C25H32N6O2.C22H32N4O2/c1-17-4-6-22-21(12-17)25(30-31(22)2)28-14-23(33)29-19-15-32(16-19)20-8-10-26(34,11-9-20)18-5-7-24(35-3)27-13-18;1-16-2-8-22-21(10-16)26(29-34-22)27-12-25(31)28-19-13-30(14-19)20-6-3-17(4-7-20)18-5-9-23-24(11-18)33-15-32-23;1-17-5-6-22-21(12-17)24(29-30(22)2)27-14-23(32)28-19-15-31(16-19)20-7-9-25(33,10-8-20)18-4-3-11-26-13-18;1-3-4-16-6-8-18(9-7-16)26-13-17(14-26)24-21(27)12-23-22-19-11-15(2)5-10-20(19)28-25-22/h4-7,12-13,19-20,34H,8-11,14-16H2,1-3H3,(H,28,30)(H,29,33);2,5,8-11,17,19-20H,3-4,6-7,12-15H2,1H3,(H,27,29)(H,28,31);3-6,11-13,19-20,33H,7-10,14-16H2,1-2H3,(H,27,29)(H,28,32);5,10-11,16-18H,3-4,6-9,12-14H2,1-2H3,(H,23,25)(H,24,27). The SMILES string of the molecule is CCCC1CCC(N2CC(NC(=O)CNc3noc4ccc(C)cc34)C2)CC1.COc1ccc(C2(O)CCC(N3CC(NC(=O)CNc4nn(C)c5ccc(C)cc45)C3)CC2)cn1.Cc1ccc2c(c1)c(NCC(=O)NC1CN(C3CCC(O)(c4cccnc4)CC3)C1)nn2C.Cc1ccc2onc(NCC(=O)NC3CN(C4CCC(c5ccc6c(c5)OCO6)CC4)C3)c2c1. The van der Waals surface area contributed by atoms with E-state index in [4.69, 9.17) is 23.3 Å². The fraction of sp³-hybridized carbons (Fsp3) is 0.515. The monoisotopic (exact) mass is 1770 g/mol. The highest BCUT2D eigenvalue weighted by Gasteiger charge is 2.44. The first-order valence-electron chi connectivity index (χ1n) is 46.9. The van der Waals surface area contributed by atoms with E-state index >= 15 is 0 Å². The van der Waals surface area contributed by atoms with Crippen LogP contribution in [0.2, 0.25) is 0 Å². The summed E-state index contributed by atoms with van der Waals surface area (Å²) >= 11 is 0. The molecule has 11 aromatic rings. The number of amides is 4. The first-order chi connectivity index (χ1) is 63.0. The van der Waals surface area contributed by atoms with Crippen molar-refractivity contribution in [2.45, 2.75) is 216 Å². The number of ether oxygens (including phenoxy) is 3. The van der Waals surface area contributed by atoms with Crippen LogP contribution in [0.1, 0.15) is 167 Å². The van der Waals surface area contributed by atoms with Gasteiger partial charge in [0.05, 0.1) is 90.5 Å². The first kappa shape index (κ1) is 90.5. The topological polar surface area (TPSA) is 359 Å². The number of benzene rings is 5. The van der Waals surface area contributed by atoms with Crippen molar-refractivity contribution in [2.75, 3.05) is 114 Å². The van der Waals surface area contributed by atoms with Crippen molar-refractivity contribution in [1.82, 2.24) is 80.7 Å². The van der Waals surface area contributed by atoms with Crippen LogP contribution in [0.15, 0.2) is 143 Å². The number of carbonyl (C=O) groups excluding carboxylic acids is 4. The lowest BCUT2D eigenvalue weighted by Crippen LogP contribution is -2.63. The third kappa shape index (κ3) is 21.6. The number of fused-ring (bicyclic) bond motifs is 5. The molecule has 0 atom stereocenters. The van der Waals surface area contributed by atoms with Gasteiger partial charge in [-0.2, -0.15) is 10.2 Å². The summed E-state index contributed by atoms with van der Waals surface area (Å²) in [6.07, 6.45) is 24.8. The molecular weight excluding hydrogens is 1650 g/mol. The van der Waals surface area contributed by atoms with E-state index in [-0.39, 0.29) is 74.0 Å². The smallest absolute Gasteiger partial charge is 0.239 e. The van der Waals surface area contributed by atoms with Crippen LogP contribution in [0.5, 0.6) is 17.4 Å². The minimum absolute atomic E-state index is 0.0132. The molecule has 10 N–H and O–H groups in total. The normalized spacial score (nSPS) is 23.2. The van der Waals surface area contributed by atoms with Crippen molar-refractivity contribution < 1.29 is 52.6 Å². The molecule has 0 bridgehead atoms. The number of nitrogens with one attached hydrogen (secondary N) is 8. The first-order valence-corrected chi connectivity index (χ1v) is 46.9. The van der Waals surface area contributed by atoms with Gasteiger partial charge in [0.25, 0.3) is 0 Å². The van der Waals surface area contributed by atoms with Gasteiger partial charge in [0.1, 0.15) is 0 Å². The number of hydrogen-bond donors (Lipinski definition) is 10. The molecule has 690 valence electrons. The number of aromatic nitrogens is 8. The van der Waals surface area contributed by atoms with Crippen molar-refractivity contribution in [3.8, 4) is 17.4 Å². The molecule has 0 spiro atoms. The van der Waals surface area contributed by atoms with Crippen LogP contribution >= 0.6 is 0 Å². The van der Waals surface area contributed by atoms with Gasteiger partial charge in [-0.15, -0.1) is 0 Å². The highest BCUT2D eigenvalue weighted by Crippen LogP contribution is 2.44. The van der Waals surface area contributed by atoms with E-state index in [1.807, 2.05) is 104 Å². The molecule has 31 heteroatoms. The van der Waals surface area contributed by atoms with Crippen LogP contribution < -0.4 is 56.7 Å². The largest absolute Gasteiger partial charge is 0.481 e. The van der Waals surface area contributed by atoms with Crippen LogP contribution in [-0.2, 0) is 44.5 Å². The summed E-state index contributed by atoms with van der Waals surface area (Å²) in [5.74, 6) is 6.50. The van der Waals surface area contributed by atoms with Crippen LogP contribution in [0.4, 0.5) is 23.3 Å². The maximum atomic E-state index is 12.5. The summed E-state index contributed by atoms with van der Waals surface area (Å²) in [5.41, 5.74) is 9.67. The third-order valence-electron chi connectivity index (χ3n) is 28.4. The average Bonchev–Trinajstić information content (AvgIpc) is 1.33. The molecule has 5 aromatic carbocycles. The second kappa shape index (κ2) is 40.5. The summed E-state index contributed by atoms with van der Waals surface area (Å²) in [5, 5.41) is 68.3. The number of aryl methyl sites for hydroxylation is 6. The molecule has 31 nitrogen and oxygen atoms in total. The van der Waals surface area contributed by atoms with Gasteiger partial charge in [0.15, 0.2) is 45.9 Å². The molecule has 4 saturated heterocycles. The van der Waals surface area contributed by atoms with Gasteiger partial charge in [0.2, 0.25) is 36.3 Å². The Balaban J connectivity index is 0.000000122. The number of methoxy groups -OCH3 is 1. The zero-order chi connectivity index (χ0) is 90.2. The number of pyridine rings is 2. The second-order valence-electron chi connectivity index (χ2n) is 37.8. The summed E-state index contributed by atoms with van der Waals surface area (Å²) in [6, 6.07) is 41.2. The van der Waals surface area contributed by atoms with Gasteiger partial charge in [-0.3, -0.25) is 53.1 Å². The Kier molecular flexibility index (Phi) is 28.2. The molecule has 4 saturated carbocycles. The maximum Gasteiger partial charge on any atom is 0.239 e. The van der Waals surface area contributed by atoms with Gasteiger partial charge in [-0.05, 0) is 221 Å². The molecule has 20 rings (SSSR count). The Labute approximate surface area is 759 Å². The highest BCUT2D eigenvalue weighted by molar-refractivity contribution is 5.95. The third-order valence-corrected chi connectivity index (χ3v) is 28.4. The van der Waals surface area contributed by atoms with Crippen molar-refractivity contribution >= 4 is 90.6 Å². The molecule has 4 aliphatic carbocycles. The van der Waals surface area contributed by atoms with Crippen molar-refractivity contribution in [1.29, 1.82) is 0 Å². The Morgan fingerprint density at radius 2 is 0.862 bits per heavy atom. The lowest BCUT2D eigenvalue weighted by atomic mass is 9.77. The summed E-state index contributed by atoms with van der Waals surface area (Å²) in [6.45, 7) is 18.8. The quantitative estimate of drug-likeness (QED) is 0.0241. The minimum atomic E-state index is -0.825. The number of likely N-dealkylation sites (tertiary alicyclic amines) is 4.